The van der Waals surface area contributed by atoms with E-state index in [1.54, 1.807) is 0 Å². The van der Waals surface area contributed by atoms with Gasteiger partial charge in [0.2, 0.25) is 0 Å². The molecule has 0 aromatic rings. The van der Waals surface area contributed by atoms with Gasteiger partial charge in [-0.3, -0.25) is 0 Å². The number of hydrogen-bond acceptors (Lipinski definition) is 1. The Morgan fingerprint density at radius 1 is 1.36 bits per heavy atom. The summed E-state index contributed by atoms with van der Waals surface area (Å²) >= 11 is 0. The first-order valence-electron chi connectivity index (χ1n) is 5.05. The van der Waals surface area contributed by atoms with Crippen molar-refractivity contribution in [1.82, 2.24) is 4.90 Å². The average Bonchev–Trinajstić information content (AvgIpc) is 2.42. The van der Waals surface area contributed by atoms with Crippen molar-refractivity contribution in [3.8, 4) is 0 Å². The zero-order valence-electron chi connectivity index (χ0n) is 8.56. The molecule has 1 rings (SSSR count). The van der Waals surface area contributed by atoms with Crippen molar-refractivity contribution >= 4 is 0 Å². The van der Waals surface area contributed by atoms with Gasteiger partial charge >= 0.3 is 0 Å². The van der Waals surface area contributed by atoms with Crippen LogP contribution in [-0.2, 0) is 0 Å². The van der Waals surface area contributed by atoms with Crippen LogP contribution < -0.4 is 0 Å². The van der Waals surface area contributed by atoms with E-state index in [0.29, 0.717) is 0 Å². The molecule has 0 saturated carbocycles. The van der Waals surface area contributed by atoms with Crippen molar-refractivity contribution in [3.05, 3.63) is 0 Å². The normalized spacial score (nSPS) is 24.5. The van der Waals surface area contributed by atoms with Crippen LogP contribution in [0.4, 0.5) is 0 Å². The second kappa shape index (κ2) is 6.66. The smallest absolute Gasteiger partial charge is 0.00925 e. The monoisotopic (exact) mass is 157 g/mol. The van der Waals surface area contributed by atoms with Crippen molar-refractivity contribution in [1.29, 1.82) is 0 Å². The third-order valence-electron chi connectivity index (χ3n) is 2.29. The van der Waals surface area contributed by atoms with Crippen LogP contribution in [0.25, 0.3) is 0 Å². The Kier molecular flexibility index (Phi) is 6.63. The zero-order valence-corrected chi connectivity index (χ0v) is 8.56. The van der Waals surface area contributed by atoms with Gasteiger partial charge in [0.15, 0.2) is 0 Å². The van der Waals surface area contributed by atoms with E-state index in [9.17, 15) is 0 Å². The lowest BCUT2D eigenvalue weighted by Gasteiger charge is -2.17. The van der Waals surface area contributed by atoms with Gasteiger partial charge in [0.05, 0.1) is 0 Å². The maximum atomic E-state index is 2.49. The zero-order chi connectivity index (χ0) is 8.69. The maximum Gasteiger partial charge on any atom is 0.00925 e. The van der Waals surface area contributed by atoms with Gasteiger partial charge in [-0.1, -0.05) is 27.2 Å². The SMILES string of the molecule is CC.CCCC1CCCN1C. The highest BCUT2D eigenvalue weighted by Gasteiger charge is 2.18. The molecule has 1 heteroatoms. The van der Waals surface area contributed by atoms with E-state index in [-0.39, 0.29) is 0 Å². The Hall–Kier alpha value is -0.0400. The van der Waals surface area contributed by atoms with Crippen LogP contribution in [0.2, 0.25) is 0 Å². The highest BCUT2D eigenvalue weighted by atomic mass is 15.1. The summed E-state index contributed by atoms with van der Waals surface area (Å²) in [6, 6.07) is 0.912. The van der Waals surface area contributed by atoms with Crippen molar-refractivity contribution < 1.29 is 0 Å². The number of likely N-dealkylation sites (tertiary alicyclic amines) is 1. The van der Waals surface area contributed by atoms with E-state index >= 15 is 0 Å². The highest BCUT2D eigenvalue weighted by Crippen LogP contribution is 2.18. The fraction of sp³-hybridized carbons (Fsp3) is 1.00. The molecule has 0 bridgehead atoms. The van der Waals surface area contributed by atoms with Crippen molar-refractivity contribution in [2.75, 3.05) is 13.6 Å². The van der Waals surface area contributed by atoms with E-state index in [2.05, 4.69) is 18.9 Å². The lowest BCUT2D eigenvalue weighted by Crippen LogP contribution is -2.24. The summed E-state index contributed by atoms with van der Waals surface area (Å²) in [4.78, 5) is 2.49. The number of nitrogens with zero attached hydrogens (tertiary/aromatic N) is 1. The van der Waals surface area contributed by atoms with E-state index in [0.717, 1.165) is 6.04 Å². The lowest BCUT2D eigenvalue weighted by atomic mass is 10.1. The molecule has 1 atom stereocenters. The molecule has 1 heterocycles. The second-order valence-corrected chi connectivity index (χ2v) is 3.07. The molecule has 11 heavy (non-hydrogen) atoms. The summed E-state index contributed by atoms with van der Waals surface area (Å²) in [6.45, 7) is 7.59. The Balaban J connectivity index is 0.000000461. The molecule has 0 aromatic carbocycles. The molecular weight excluding hydrogens is 134 g/mol. The van der Waals surface area contributed by atoms with Gasteiger partial charge in [-0.2, -0.15) is 0 Å². The molecule has 1 unspecified atom stereocenters. The Bertz CT molecular complexity index is 80.9. The molecule has 0 aliphatic carbocycles. The Labute approximate surface area is 71.8 Å². The van der Waals surface area contributed by atoms with Crippen LogP contribution in [0.3, 0.4) is 0 Å². The topological polar surface area (TPSA) is 3.24 Å². The highest BCUT2D eigenvalue weighted by molar-refractivity contribution is 4.75. The molecule has 1 aliphatic rings. The molecule has 1 aliphatic heterocycles. The molecule has 0 radical (unpaired) electrons. The maximum absolute atomic E-state index is 2.49. The second-order valence-electron chi connectivity index (χ2n) is 3.07. The molecule has 0 aromatic heterocycles. The van der Waals surface area contributed by atoms with Crippen LogP contribution in [0, 0.1) is 0 Å². The quantitative estimate of drug-likeness (QED) is 0.595. The van der Waals surface area contributed by atoms with Crippen molar-refractivity contribution in [2.24, 2.45) is 0 Å². The first-order valence-corrected chi connectivity index (χ1v) is 5.05. The van der Waals surface area contributed by atoms with Gasteiger partial charge in [0.25, 0.3) is 0 Å². The van der Waals surface area contributed by atoms with Gasteiger partial charge in [-0.05, 0) is 32.9 Å². The van der Waals surface area contributed by atoms with Gasteiger partial charge < -0.3 is 4.90 Å². The third-order valence-corrected chi connectivity index (χ3v) is 2.29. The number of hydrogen-bond donors (Lipinski definition) is 0. The summed E-state index contributed by atoms with van der Waals surface area (Å²) < 4.78 is 0. The van der Waals surface area contributed by atoms with Crippen LogP contribution >= 0.6 is 0 Å². The predicted octanol–water partition coefficient (Wildman–Crippen LogP) is 2.91. The van der Waals surface area contributed by atoms with Crippen LogP contribution in [0.1, 0.15) is 46.5 Å². The molecule has 0 spiro atoms. The van der Waals surface area contributed by atoms with Crippen LogP contribution in [0.5, 0.6) is 0 Å². The molecular formula is C10H23N. The summed E-state index contributed by atoms with van der Waals surface area (Å²) in [7, 11) is 2.24. The molecule has 0 amide bonds. The minimum absolute atomic E-state index is 0.912. The summed E-state index contributed by atoms with van der Waals surface area (Å²) in [5.74, 6) is 0. The van der Waals surface area contributed by atoms with Crippen molar-refractivity contribution in [3.63, 3.8) is 0 Å². The van der Waals surface area contributed by atoms with Gasteiger partial charge in [-0.15, -0.1) is 0 Å². The molecule has 68 valence electrons. The first-order chi connectivity index (χ1) is 5.34. The Morgan fingerprint density at radius 3 is 2.36 bits per heavy atom. The van der Waals surface area contributed by atoms with Gasteiger partial charge in [0, 0.05) is 6.04 Å². The summed E-state index contributed by atoms with van der Waals surface area (Å²) in [6.07, 6.45) is 5.59. The fourth-order valence-electron chi connectivity index (χ4n) is 1.68. The van der Waals surface area contributed by atoms with Gasteiger partial charge in [-0.25, -0.2) is 0 Å². The van der Waals surface area contributed by atoms with E-state index < -0.39 is 0 Å². The first kappa shape index (κ1) is 11.0. The summed E-state index contributed by atoms with van der Waals surface area (Å²) in [5.41, 5.74) is 0. The number of rotatable bonds is 2. The molecule has 1 saturated heterocycles. The van der Waals surface area contributed by atoms with Crippen LogP contribution in [-0.4, -0.2) is 24.5 Å². The Morgan fingerprint density at radius 2 is 2.00 bits per heavy atom. The van der Waals surface area contributed by atoms with E-state index in [1.165, 1.54) is 32.2 Å². The fourth-order valence-corrected chi connectivity index (χ4v) is 1.68. The predicted molar refractivity (Wildman–Crippen MR) is 51.9 cm³/mol. The minimum atomic E-state index is 0.912. The molecule has 1 nitrogen and oxygen atoms in total. The summed E-state index contributed by atoms with van der Waals surface area (Å²) in [5, 5.41) is 0. The van der Waals surface area contributed by atoms with Crippen LogP contribution in [0.15, 0.2) is 0 Å². The largest absolute Gasteiger partial charge is 0.303 e. The lowest BCUT2D eigenvalue weighted by molar-refractivity contribution is 0.295. The molecule has 0 N–H and O–H groups in total. The third kappa shape index (κ3) is 3.76. The molecule has 1 fully saturated rings. The van der Waals surface area contributed by atoms with E-state index in [4.69, 9.17) is 0 Å². The minimum Gasteiger partial charge on any atom is -0.303 e. The average molecular weight is 157 g/mol. The van der Waals surface area contributed by atoms with Gasteiger partial charge in [0.1, 0.15) is 0 Å². The van der Waals surface area contributed by atoms with E-state index in [1.807, 2.05) is 13.8 Å². The standard InChI is InChI=1S/C8H17N.C2H6/c1-3-5-8-6-4-7-9(8)2;1-2/h8H,3-7H2,1-2H3;1-2H3. The van der Waals surface area contributed by atoms with Crippen molar-refractivity contribution in [2.45, 2.75) is 52.5 Å².